The van der Waals surface area contributed by atoms with Crippen molar-refractivity contribution in [1.82, 2.24) is 20.5 Å². The number of hydrogen-bond donors (Lipinski definition) is 3. The second-order valence-electron chi connectivity index (χ2n) is 6.53. The molecule has 2 aromatic heterocycles. The topological polar surface area (TPSA) is 111 Å². The first-order valence-corrected chi connectivity index (χ1v) is 8.81. The van der Waals surface area contributed by atoms with Gasteiger partial charge in [-0.3, -0.25) is 14.7 Å². The maximum Gasteiger partial charge on any atom is 0.268 e. The van der Waals surface area contributed by atoms with Crippen molar-refractivity contribution in [1.29, 1.82) is 0 Å². The third-order valence-electron chi connectivity index (χ3n) is 4.64. The zero-order valence-electron chi connectivity index (χ0n) is 14.4. The Kier molecular flexibility index (Phi) is 4.48. The van der Waals surface area contributed by atoms with Gasteiger partial charge in [0.05, 0.1) is 18.1 Å². The van der Waals surface area contributed by atoms with E-state index in [1.165, 1.54) is 23.2 Å². The van der Waals surface area contributed by atoms with Gasteiger partial charge in [0, 0.05) is 29.9 Å². The lowest BCUT2D eigenvalue weighted by atomic mass is 10.0. The number of aromatic nitrogens is 3. The highest BCUT2D eigenvalue weighted by molar-refractivity contribution is 6.30. The van der Waals surface area contributed by atoms with Crippen LogP contribution in [-0.2, 0) is 16.1 Å². The summed E-state index contributed by atoms with van der Waals surface area (Å²) in [4.78, 5) is 30.7. The molecule has 10 heteroatoms. The van der Waals surface area contributed by atoms with Gasteiger partial charge in [-0.2, -0.15) is 5.10 Å². The minimum absolute atomic E-state index is 0.0750. The number of anilines is 1. The van der Waals surface area contributed by atoms with E-state index in [1.807, 2.05) is 0 Å². The smallest absolute Gasteiger partial charge is 0.268 e. The van der Waals surface area contributed by atoms with Crippen molar-refractivity contribution in [3.8, 4) is 0 Å². The lowest BCUT2D eigenvalue weighted by molar-refractivity contribution is -0.149. The number of H-pyrrole nitrogens is 1. The van der Waals surface area contributed by atoms with E-state index in [2.05, 4.69) is 20.5 Å². The van der Waals surface area contributed by atoms with Crippen LogP contribution in [0.15, 0.2) is 36.7 Å². The van der Waals surface area contributed by atoms with E-state index in [0.29, 0.717) is 22.3 Å². The fraction of sp³-hybridized carbons (Fsp3) is 0.222. The van der Waals surface area contributed by atoms with E-state index in [-0.39, 0.29) is 24.5 Å². The van der Waals surface area contributed by atoms with Crippen LogP contribution in [0, 0.1) is 5.82 Å². The number of pyridine rings is 1. The van der Waals surface area contributed by atoms with Crippen LogP contribution in [0.3, 0.4) is 0 Å². The Bertz CT molecular complexity index is 1070. The van der Waals surface area contributed by atoms with Gasteiger partial charge in [-0.1, -0.05) is 11.6 Å². The van der Waals surface area contributed by atoms with E-state index in [4.69, 9.17) is 11.6 Å². The molecule has 1 saturated heterocycles. The van der Waals surface area contributed by atoms with Gasteiger partial charge < -0.3 is 15.3 Å². The van der Waals surface area contributed by atoms with E-state index in [9.17, 15) is 19.1 Å². The highest BCUT2D eigenvalue weighted by Crippen LogP contribution is 2.29. The zero-order valence-corrected chi connectivity index (χ0v) is 15.2. The van der Waals surface area contributed by atoms with E-state index < -0.39 is 23.2 Å². The van der Waals surface area contributed by atoms with Crippen LogP contribution in [0.1, 0.15) is 12.0 Å². The Morgan fingerprint density at radius 1 is 1.36 bits per heavy atom. The number of rotatable bonds is 4. The number of aromatic amines is 1. The number of benzene rings is 1. The van der Waals surface area contributed by atoms with Gasteiger partial charge in [0.25, 0.3) is 11.8 Å². The third kappa shape index (κ3) is 3.19. The number of fused-ring (bicyclic) bond motifs is 1. The van der Waals surface area contributed by atoms with Gasteiger partial charge in [-0.05, 0) is 29.8 Å². The molecule has 1 aliphatic rings. The largest absolute Gasteiger partial charge is 0.372 e. The molecule has 28 heavy (non-hydrogen) atoms. The maximum atomic E-state index is 13.4. The van der Waals surface area contributed by atoms with Gasteiger partial charge >= 0.3 is 0 Å². The fourth-order valence-electron chi connectivity index (χ4n) is 3.18. The van der Waals surface area contributed by atoms with Crippen molar-refractivity contribution >= 4 is 40.1 Å². The SMILES string of the molecule is O=C(NCc1cc(F)cc(Cl)c1)C1(O)CCN(c2cnc3[nH]ncc3c2)C1=O. The van der Waals surface area contributed by atoms with Crippen molar-refractivity contribution in [2.45, 2.75) is 18.6 Å². The number of halogens is 2. The molecule has 144 valence electrons. The van der Waals surface area contributed by atoms with Crippen LogP contribution in [0.2, 0.25) is 5.02 Å². The lowest BCUT2D eigenvalue weighted by Gasteiger charge is -2.21. The van der Waals surface area contributed by atoms with Gasteiger partial charge in [-0.15, -0.1) is 0 Å². The number of carbonyl (C=O) groups is 2. The normalized spacial score (nSPS) is 19.4. The minimum atomic E-state index is -2.21. The van der Waals surface area contributed by atoms with Crippen molar-refractivity contribution in [2.75, 3.05) is 11.4 Å². The zero-order chi connectivity index (χ0) is 19.9. The number of nitrogens with one attached hydrogen (secondary N) is 2. The number of amides is 2. The first kappa shape index (κ1) is 18.3. The van der Waals surface area contributed by atoms with E-state index in [1.54, 1.807) is 12.3 Å². The predicted octanol–water partition coefficient (Wildman–Crippen LogP) is 1.53. The third-order valence-corrected chi connectivity index (χ3v) is 4.85. The molecule has 0 aliphatic carbocycles. The Hall–Kier alpha value is -3.04. The van der Waals surface area contributed by atoms with Crippen molar-refractivity contribution in [3.63, 3.8) is 0 Å². The molecule has 0 saturated carbocycles. The summed E-state index contributed by atoms with van der Waals surface area (Å²) in [7, 11) is 0. The minimum Gasteiger partial charge on any atom is -0.372 e. The molecular weight excluding hydrogens is 389 g/mol. The van der Waals surface area contributed by atoms with Crippen LogP contribution in [0.4, 0.5) is 10.1 Å². The highest BCUT2D eigenvalue weighted by atomic mass is 35.5. The molecule has 1 fully saturated rings. The highest BCUT2D eigenvalue weighted by Gasteiger charge is 2.51. The maximum absolute atomic E-state index is 13.4. The standard InChI is InChI=1S/C18H15ClFN5O3/c19-12-3-10(4-13(20)6-12)7-22-16(26)18(28)1-2-25(17(18)27)14-5-11-8-23-24-15(11)21-9-14/h3-6,8-9,28H,1-2,7H2,(H,22,26)(H,21,23,24). The van der Waals surface area contributed by atoms with Crippen LogP contribution in [-0.4, -0.2) is 44.2 Å². The Morgan fingerprint density at radius 3 is 2.96 bits per heavy atom. The molecule has 8 nitrogen and oxygen atoms in total. The number of hydrogen-bond acceptors (Lipinski definition) is 5. The quantitative estimate of drug-likeness (QED) is 0.572. The molecule has 0 spiro atoms. The summed E-state index contributed by atoms with van der Waals surface area (Å²) < 4.78 is 13.4. The molecule has 1 unspecified atom stereocenters. The average Bonchev–Trinajstić information content (AvgIpc) is 3.24. The molecule has 2 amide bonds. The summed E-state index contributed by atoms with van der Waals surface area (Å²) in [5, 5.41) is 20.6. The van der Waals surface area contributed by atoms with E-state index >= 15 is 0 Å². The van der Waals surface area contributed by atoms with Crippen molar-refractivity contribution in [3.05, 3.63) is 53.1 Å². The van der Waals surface area contributed by atoms with Crippen molar-refractivity contribution < 1.29 is 19.1 Å². The lowest BCUT2D eigenvalue weighted by Crippen LogP contribution is -2.52. The van der Waals surface area contributed by atoms with E-state index in [0.717, 1.165) is 6.07 Å². The number of aliphatic hydroxyl groups is 1. The summed E-state index contributed by atoms with van der Waals surface area (Å²) in [5.74, 6) is -2.13. The second kappa shape index (κ2) is 6.84. The molecule has 3 N–H and O–H groups in total. The molecule has 3 aromatic rings. The molecule has 4 rings (SSSR count). The molecule has 1 atom stereocenters. The molecule has 3 heterocycles. The first-order chi connectivity index (χ1) is 13.4. The Balaban J connectivity index is 1.49. The van der Waals surface area contributed by atoms with Gasteiger partial charge in [-0.25, -0.2) is 9.37 Å². The summed E-state index contributed by atoms with van der Waals surface area (Å²) in [6.07, 6.45) is 2.96. The Labute approximate surface area is 163 Å². The van der Waals surface area contributed by atoms with Gasteiger partial charge in [0.15, 0.2) is 5.65 Å². The van der Waals surface area contributed by atoms with Gasteiger partial charge in [0.2, 0.25) is 5.60 Å². The second-order valence-corrected chi connectivity index (χ2v) is 6.97. The first-order valence-electron chi connectivity index (χ1n) is 8.43. The molecule has 1 aromatic carbocycles. The Morgan fingerprint density at radius 2 is 2.18 bits per heavy atom. The fourth-order valence-corrected chi connectivity index (χ4v) is 3.42. The van der Waals surface area contributed by atoms with Crippen LogP contribution in [0.5, 0.6) is 0 Å². The van der Waals surface area contributed by atoms with Crippen molar-refractivity contribution in [2.24, 2.45) is 0 Å². The molecule has 0 bridgehead atoms. The average molecular weight is 404 g/mol. The van der Waals surface area contributed by atoms with Crippen LogP contribution >= 0.6 is 11.6 Å². The van der Waals surface area contributed by atoms with Crippen LogP contribution < -0.4 is 10.2 Å². The molecular formula is C18H15ClFN5O3. The number of nitrogens with zero attached hydrogens (tertiary/aromatic N) is 3. The summed E-state index contributed by atoms with van der Waals surface area (Å²) in [5.41, 5.74) is -0.766. The summed E-state index contributed by atoms with van der Waals surface area (Å²) in [6.45, 7) is 0.0774. The van der Waals surface area contributed by atoms with Gasteiger partial charge in [0.1, 0.15) is 5.82 Å². The summed E-state index contributed by atoms with van der Waals surface area (Å²) >= 11 is 5.79. The summed E-state index contributed by atoms with van der Waals surface area (Å²) in [6, 6.07) is 5.54. The molecule has 1 aliphatic heterocycles. The monoisotopic (exact) mass is 403 g/mol. The number of carbonyl (C=O) groups excluding carboxylic acids is 2. The molecule has 0 radical (unpaired) electrons. The predicted molar refractivity (Wildman–Crippen MR) is 99.1 cm³/mol. The van der Waals surface area contributed by atoms with Crippen LogP contribution in [0.25, 0.3) is 11.0 Å².